The third-order valence-corrected chi connectivity index (χ3v) is 1.30. The van der Waals surface area contributed by atoms with E-state index in [0.717, 1.165) is 6.42 Å². The molecule has 0 N–H and O–H groups in total. The van der Waals surface area contributed by atoms with Crippen LogP contribution in [0, 0.1) is 0 Å². The molecule has 14 heavy (non-hydrogen) atoms. The van der Waals surface area contributed by atoms with E-state index in [0.29, 0.717) is 19.8 Å². The van der Waals surface area contributed by atoms with E-state index >= 15 is 0 Å². The number of hydrogen-bond acceptors (Lipinski definition) is 4. The zero-order chi connectivity index (χ0) is 10.8. The third kappa shape index (κ3) is 5.45. The molecule has 0 rings (SSSR count). The lowest BCUT2D eigenvalue weighted by Crippen LogP contribution is -2.12. The summed E-state index contributed by atoms with van der Waals surface area (Å²) < 4.78 is 14.9. The predicted octanol–water partition coefficient (Wildman–Crippen LogP) is 1.85. The van der Waals surface area contributed by atoms with Crippen LogP contribution in [0.2, 0.25) is 0 Å². The van der Waals surface area contributed by atoms with Gasteiger partial charge in [-0.05, 0) is 20.3 Å². The highest BCUT2D eigenvalue weighted by Crippen LogP contribution is 2.01. The van der Waals surface area contributed by atoms with Crippen molar-refractivity contribution in [1.82, 2.24) is 0 Å². The molecule has 82 valence electrons. The van der Waals surface area contributed by atoms with E-state index in [1.165, 1.54) is 6.26 Å². The van der Waals surface area contributed by atoms with Gasteiger partial charge in [0.05, 0.1) is 19.8 Å². The number of carbonyl (C=O) groups is 1. The summed E-state index contributed by atoms with van der Waals surface area (Å²) in [7, 11) is 0. The second-order valence-corrected chi connectivity index (χ2v) is 2.51. The van der Waals surface area contributed by atoms with E-state index < -0.39 is 5.97 Å². The highest BCUT2D eigenvalue weighted by Gasteiger charge is 2.12. The van der Waals surface area contributed by atoms with E-state index in [9.17, 15) is 4.79 Å². The standard InChI is InChI=1S/C10H18O4/c1-4-7-14-10(11)9(13-6-3)8-12-5-2/h8H,4-7H2,1-3H3. The molecule has 0 aromatic heterocycles. The first kappa shape index (κ1) is 12.8. The Bertz CT molecular complexity index is 187. The maximum absolute atomic E-state index is 11.3. The topological polar surface area (TPSA) is 44.8 Å². The lowest BCUT2D eigenvalue weighted by molar-refractivity contribution is -0.143. The molecule has 0 saturated carbocycles. The van der Waals surface area contributed by atoms with Crippen LogP contribution in [-0.2, 0) is 19.0 Å². The normalized spacial score (nSPS) is 10.9. The second-order valence-electron chi connectivity index (χ2n) is 2.51. The summed E-state index contributed by atoms with van der Waals surface area (Å²) in [6.07, 6.45) is 2.08. The Kier molecular flexibility index (Phi) is 7.70. The van der Waals surface area contributed by atoms with Gasteiger partial charge in [-0.3, -0.25) is 0 Å². The lowest BCUT2D eigenvalue weighted by Gasteiger charge is -2.07. The number of ether oxygens (including phenoxy) is 3. The highest BCUT2D eigenvalue weighted by atomic mass is 16.6. The van der Waals surface area contributed by atoms with E-state index in [2.05, 4.69) is 0 Å². The summed E-state index contributed by atoms with van der Waals surface area (Å²) in [5, 5.41) is 0. The van der Waals surface area contributed by atoms with Gasteiger partial charge in [-0.2, -0.15) is 0 Å². The van der Waals surface area contributed by atoms with Crippen LogP contribution in [0.4, 0.5) is 0 Å². The van der Waals surface area contributed by atoms with Crippen LogP contribution in [-0.4, -0.2) is 25.8 Å². The molecular weight excluding hydrogens is 184 g/mol. The minimum absolute atomic E-state index is 0.128. The molecule has 0 aliphatic rings. The second kappa shape index (κ2) is 8.41. The molecule has 0 aromatic carbocycles. The predicted molar refractivity (Wildman–Crippen MR) is 52.6 cm³/mol. The van der Waals surface area contributed by atoms with Gasteiger partial charge in [-0.15, -0.1) is 0 Å². The Balaban J connectivity index is 4.10. The summed E-state index contributed by atoms with van der Waals surface area (Å²) in [4.78, 5) is 11.3. The molecule has 0 aliphatic heterocycles. The Hall–Kier alpha value is -1.19. The largest absolute Gasteiger partial charge is 0.497 e. The van der Waals surface area contributed by atoms with Gasteiger partial charge in [0.1, 0.15) is 6.26 Å². The molecule has 0 amide bonds. The van der Waals surface area contributed by atoms with Crippen molar-refractivity contribution < 1.29 is 19.0 Å². The van der Waals surface area contributed by atoms with E-state index in [1.807, 2.05) is 13.8 Å². The maximum Gasteiger partial charge on any atom is 0.376 e. The molecular formula is C10H18O4. The van der Waals surface area contributed by atoms with Gasteiger partial charge in [0.15, 0.2) is 0 Å². The van der Waals surface area contributed by atoms with Crippen molar-refractivity contribution in [2.45, 2.75) is 27.2 Å². The molecule has 0 heterocycles. The zero-order valence-corrected chi connectivity index (χ0v) is 9.04. The highest BCUT2D eigenvalue weighted by molar-refractivity contribution is 5.85. The van der Waals surface area contributed by atoms with Crippen molar-refractivity contribution in [2.24, 2.45) is 0 Å². The van der Waals surface area contributed by atoms with Gasteiger partial charge in [0, 0.05) is 0 Å². The average molecular weight is 202 g/mol. The minimum atomic E-state index is -0.470. The zero-order valence-electron chi connectivity index (χ0n) is 9.04. The fourth-order valence-corrected chi connectivity index (χ4v) is 0.721. The quantitative estimate of drug-likeness (QED) is 0.359. The molecule has 4 nitrogen and oxygen atoms in total. The maximum atomic E-state index is 11.3. The molecule has 0 aromatic rings. The number of rotatable bonds is 7. The Labute approximate surface area is 84.8 Å². The van der Waals surface area contributed by atoms with Gasteiger partial charge in [-0.25, -0.2) is 4.79 Å². The van der Waals surface area contributed by atoms with Crippen LogP contribution in [0.5, 0.6) is 0 Å². The fraction of sp³-hybridized carbons (Fsp3) is 0.700. The molecule has 0 aliphatic carbocycles. The monoisotopic (exact) mass is 202 g/mol. The summed E-state index contributed by atoms with van der Waals surface area (Å²) >= 11 is 0. The van der Waals surface area contributed by atoms with E-state index in [4.69, 9.17) is 14.2 Å². The first-order valence-corrected chi connectivity index (χ1v) is 4.87. The number of hydrogen-bond donors (Lipinski definition) is 0. The van der Waals surface area contributed by atoms with Gasteiger partial charge < -0.3 is 14.2 Å². The summed E-state index contributed by atoms with van der Waals surface area (Å²) in [6, 6.07) is 0. The number of esters is 1. The van der Waals surface area contributed by atoms with Crippen molar-refractivity contribution in [3.8, 4) is 0 Å². The van der Waals surface area contributed by atoms with Crippen molar-refractivity contribution in [3.05, 3.63) is 12.0 Å². The fourth-order valence-electron chi connectivity index (χ4n) is 0.721. The molecule has 4 heteroatoms. The first-order valence-electron chi connectivity index (χ1n) is 4.87. The lowest BCUT2D eigenvalue weighted by atomic mass is 10.5. The Morgan fingerprint density at radius 1 is 1.14 bits per heavy atom. The van der Waals surface area contributed by atoms with Crippen molar-refractivity contribution >= 4 is 5.97 Å². The molecule has 0 fully saturated rings. The molecule has 0 atom stereocenters. The molecule has 0 saturated heterocycles. The van der Waals surface area contributed by atoms with Crippen molar-refractivity contribution in [2.75, 3.05) is 19.8 Å². The van der Waals surface area contributed by atoms with Gasteiger partial charge in [0.25, 0.3) is 0 Å². The summed E-state index contributed by atoms with van der Waals surface area (Å²) in [5.41, 5.74) is 0. The van der Waals surface area contributed by atoms with Crippen LogP contribution in [0.1, 0.15) is 27.2 Å². The van der Waals surface area contributed by atoms with Gasteiger partial charge in [-0.1, -0.05) is 6.92 Å². The average Bonchev–Trinajstić information content (AvgIpc) is 2.20. The molecule has 0 bridgehead atoms. The number of carbonyl (C=O) groups excluding carboxylic acids is 1. The van der Waals surface area contributed by atoms with E-state index in [1.54, 1.807) is 6.92 Å². The first-order chi connectivity index (χ1) is 6.76. The van der Waals surface area contributed by atoms with Crippen molar-refractivity contribution in [3.63, 3.8) is 0 Å². The van der Waals surface area contributed by atoms with E-state index in [-0.39, 0.29) is 5.76 Å². The minimum Gasteiger partial charge on any atom is -0.497 e. The van der Waals surface area contributed by atoms with Crippen LogP contribution >= 0.6 is 0 Å². The SMILES string of the molecule is CCCOC(=O)C(=COCC)OCC. The van der Waals surface area contributed by atoms with Crippen LogP contribution in [0.15, 0.2) is 12.0 Å². The molecule has 0 radical (unpaired) electrons. The molecule has 0 unspecified atom stereocenters. The van der Waals surface area contributed by atoms with Crippen LogP contribution in [0.3, 0.4) is 0 Å². The molecule has 0 spiro atoms. The summed E-state index contributed by atoms with van der Waals surface area (Å²) in [6.45, 7) is 6.87. The van der Waals surface area contributed by atoms with Gasteiger partial charge in [0.2, 0.25) is 5.76 Å². The smallest absolute Gasteiger partial charge is 0.376 e. The Morgan fingerprint density at radius 2 is 1.86 bits per heavy atom. The summed E-state index contributed by atoms with van der Waals surface area (Å²) in [5.74, 6) is -0.343. The van der Waals surface area contributed by atoms with Crippen LogP contribution in [0.25, 0.3) is 0 Å². The Morgan fingerprint density at radius 3 is 2.36 bits per heavy atom. The van der Waals surface area contributed by atoms with Gasteiger partial charge >= 0.3 is 5.97 Å². The van der Waals surface area contributed by atoms with Crippen molar-refractivity contribution in [1.29, 1.82) is 0 Å². The van der Waals surface area contributed by atoms with Crippen LogP contribution < -0.4 is 0 Å². The third-order valence-electron chi connectivity index (χ3n) is 1.30.